The summed E-state index contributed by atoms with van der Waals surface area (Å²) < 4.78 is 0. The summed E-state index contributed by atoms with van der Waals surface area (Å²) in [6, 6.07) is 10.4. The van der Waals surface area contributed by atoms with E-state index >= 15 is 0 Å². The third-order valence-electron chi connectivity index (χ3n) is 5.69. The number of nitriles is 1. The second kappa shape index (κ2) is 6.62. The van der Waals surface area contributed by atoms with Crippen molar-refractivity contribution in [2.75, 3.05) is 0 Å². The topological polar surface area (TPSA) is 44.0 Å². The standard InChI is InChI=1S/C19H25NO/c20-13-14-1-3-15(4-2-14)16-5-7-17(8-6-16)18-9-11-19(21)12-10-18/h1-4,16-19,21H,5-12H2/t16?,17?,18-,19-. The van der Waals surface area contributed by atoms with Crippen molar-refractivity contribution in [3.8, 4) is 6.07 Å². The summed E-state index contributed by atoms with van der Waals surface area (Å²) in [5.74, 6) is 2.42. The van der Waals surface area contributed by atoms with Crippen LogP contribution < -0.4 is 0 Å². The number of aliphatic hydroxyl groups excluding tert-OH is 1. The number of hydrogen-bond donors (Lipinski definition) is 1. The maximum atomic E-state index is 9.64. The largest absolute Gasteiger partial charge is 0.393 e. The van der Waals surface area contributed by atoms with Crippen LogP contribution in [0.4, 0.5) is 0 Å². The molecule has 21 heavy (non-hydrogen) atoms. The van der Waals surface area contributed by atoms with E-state index in [2.05, 4.69) is 18.2 Å². The van der Waals surface area contributed by atoms with Gasteiger partial charge in [0.2, 0.25) is 0 Å². The number of aliphatic hydroxyl groups is 1. The van der Waals surface area contributed by atoms with Gasteiger partial charge in [-0.2, -0.15) is 5.26 Å². The van der Waals surface area contributed by atoms with Crippen LogP contribution in [-0.2, 0) is 0 Å². The Morgan fingerprint density at radius 2 is 1.33 bits per heavy atom. The van der Waals surface area contributed by atoms with Gasteiger partial charge in [0.05, 0.1) is 17.7 Å². The van der Waals surface area contributed by atoms with Crippen LogP contribution in [0.1, 0.15) is 68.4 Å². The van der Waals surface area contributed by atoms with Crippen LogP contribution in [0.25, 0.3) is 0 Å². The molecule has 0 heterocycles. The molecule has 112 valence electrons. The smallest absolute Gasteiger partial charge is 0.0991 e. The zero-order chi connectivity index (χ0) is 14.7. The van der Waals surface area contributed by atoms with Gasteiger partial charge in [0.25, 0.3) is 0 Å². The molecule has 0 spiro atoms. The molecule has 2 fully saturated rings. The fourth-order valence-electron chi connectivity index (χ4n) is 4.33. The summed E-state index contributed by atoms with van der Waals surface area (Å²) in [5.41, 5.74) is 2.17. The average molecular weight is 283 g/mol. The van der Waals surface area contributed by atoms with Gasteiger partial charge in [-0.15, -0.1) is 0 Å². The van der Waals surface area contributed by atoms with Crippen molar-refractivity contribution >= 4 is 0 Å². The summed E-state index contributed by atoms with van der Waals surface area (Å²) in [4.78, 5) is 0. The molecule has 0 aromatic heterocycles. The van der Waals surface area contributed by atoms with Crippen molar-refractivity contribution in [1.82, 2.24) is 0 Å². The summed E-state index contributed by atoms with van der Waals surface area (Å²) in [5, 5.41) is 18.5. The van der Waals surface area contributed by atoms with Crippen LogP contribution in [0.5, 0.6) is 0 Å². The molecule has 2 saturated carbocycles. The third-order valence-corrected chi connectivity index (χ3v) is 5.69. The molecule has 1 aromatic rings. The Bertz CT molecular complexity index is 485. The molecule has 0 atom stereocenters. The van der Waals surface area contributed by atoms with Gasteiger partial charge in [0, 0.05) is 0 Å². The lowest BCUT2D eigenvalue weighted by Crippen LogP contribution is -2.26. The van der Waals surface area contributed by atoms with Gasteiger partial charge in [-0.3, -0.25) is 0 Å². The molecule has 2 heteroatoms. The van der Waals surface area contributed by atoms with Crippen LogP contribution in [0.2, 0.25) is 0 Å². The number of hydrogen-bond acceptors (Lipinski definition) is 2. The Hall–Kier alpha value is -1.33. The Morgan fingerprint density at radius 1 is 0.810 bits per heavy atom. The highest BCUT2D eigenvalue weighted by atomic mass is 16.3. The molecule has 2 nitrogen and oxygen atoms in total. The molecule has 0 aliphatic heterocycles. The highest BCUT2D eigenvalue weighted by molar-refractivity contribution is 5.33. The van der Waals surface area contributed by atoms with Crippen LogP contribution in [-0.4, -0.2) is 11.2 Å². The minimum absolute atomic E-state index is 0.0313. The number of nitrogens with zero attached hydrogens (tertiary/aromatic N) is 1. The van der Waals surface area contributed by atoms with Crippen LogP contribution in [0.3, 0.4) is 0 Å². The quantitative estimate of drug-likeness (QED) is 0.875. The SMILES string of the molecule is N#Cc1ccc(C2CCC([C@H]3CC[C@H](O)CC3)CC2)cc1. The lowest BCUT2D eigenvalue weighted by Gasteiger charge is -2.37. The molecule has 1 aromatic carbocycles. The van der Waals surface area contributed by atoms with Crippen molar-refractivity contribution in [2.45, 2.75) is 63.4 Å². The molecular weight excluding hydrogens is 258 g/mol. The molecule has 1 N–H and O–H groups in total. The van der Waals surface area contributed by atoms with Crippen LogP contribution in [0.15, 0.2) is 24.3 Å². The Balaban J connectivity index is 1.53. The Morgan fingerprint density at radius 3 is 1.86 bits per heavy atom. The molecule has 0 bridgehead atoms. The fourth-order valence-corrected chi connectivity index (χ4v) is 4.33. The molecule has 0 saturated heterocycles. The Kier molecular flexibility index (Phi) is 4.60. The minimum Gasteiger partial charge on any atom is -0.393 e. The van der Waals surface area contributed by atoms with E-state index in [0.717, 1.165) is 30.2 Å². The molecule has 0 amide bonds. The summed E-state index contributed by atoms with van der Waals surface area (Å²) in [6.45, 7) is 0. The van der Waals surface area contributed by atoms with E-state index in [1.54, 1.807) is 0 Å². The van der Waals surface area contributed by atoms with Gasteiger partial charge in [0.15, 0.2) is 0 Å². The maximum Gasteiger partial charge on any atom is 0.0991 e. The molecule has 2 aliphatic rings. The average Bonchev–Trinajstić information content (AvgIpc) is 2.56. The van der Waals surface area contributed by atoms with Crippen LogP contribution in [0, 0.1) is 23.2 Å². The Labute approximate surface area is 127 Å². The minimum atomic E-state index is -0.0313. The summed E-state index contributed by atoms with van der Waals surface area (Å²) in [6.07, 6.45) is 9.71. The zero-order valence-electron chi connectivity index (χ0n) is 12.7. The zero-order valence-corrected chi connectivity index (χ0v) is 12.7. The number of benzene rings is 1. The lowest BCUT2D eigenvalue weighted by atomic mass is 9.69. The van der Waals surface area contributed by atoms with Crippen molar-refractivity contribution < 1.29 is 5.11 Å². The van der Waals surface area contributed by atoms with Crippen LogP contribution >= 0.6 is 0 Å². The van der Waals surface area contributed by atoms with E-state index in [1.165, 1.54) is 44.1 Å². The normalized spacial score (nSPS) is 33.3. The van der Waals surface area contributed by atoms with Crippen molar-refractivity contribution in [3.63, 3.8) is 0 Å². The summed E-state index contributed by atoms with van der Waals surface area (Å²) in [7, 11) is 0. The van der Waals surface area contributed by atoms with Gasteiger partial charge in [-0.25, -0.2) is 0 Å². The summed E-state index contributed by atoms with van der Waals surface area (Å²) >= 11 is 0. The van der Waals surface area contributed by atoms with E-state index in [1.807, 2.05) is 12.1 Å². The monoisotopic (exact) mass is 283 g/mol. The van der Waals surface area contributed by atoms with Crippen molar-refractivity contribution in [3.05, 3.63) is 35.4 Å². The first-order chi connectivity index (χ1) is 10.3. The fraction of sp³-hybridized carbons (Fsp3) is 0.632. The lowest BCUT2D eigenvalue weighted by molar-refractivity contribution is 0.0805. The second-order valence-electron chi connectivity index (χ2n) is 6.91. The number of rotatable bonds is 2. The van der Waals surface area contributed by atoms with Crippen molar-refractivity contribution in [2.24, 2.45) is 11.8 Å². The molecule has 0 radical (unpaired) electrons. The van der Waals surface area contributed by atoms with E-state index in [9.17, 15) is 5.11 Å². The van der Waals surface area contributed by atoms with E-state index in [0.29, 0.717) is 5.92 Å². The molecule has 2 aliphatic carbocycles. The highest BCUT2D eigenvalue weighted by Gasteiger charge is 2.30. The van der Waals surface area contributed by atoms with Gasteiger partial charge in [-0.1, -0.05) is 12.1 Å². The van der Waals surface area contributed by atoms with Gasteiger partial charge < -0.3 is 5.11 Å². The van der Waals surface area contributed by atoms with E-state index in [-0.39, 0.29) is 6.10 Å². The van der Waals surface area contributed by atoms with E-state index < -0.39 is 0 Å². The molecule has 0 unspecified atom stereocenters. The highest BCUT2D eigenvalue weighted by Crippen LogP contribution is 2.42. The first-order valence-corrected chi connectivity index (χ1v) is 8.44. The van der Waals surface area contributed by atoms with Gasteiger partial charge in [0.1, 0.15) is 0 Å². The second-order valence-corrected chi connectivity index (χ2v) is 6.91. The first kappa shape index (κ1) is 14.6. The van der Waals surface area contributed by atoms with Gasteiger partial charge >= 0.3 is 0 Å². The van der Waals surface area contributed by atoms with E-state index in [4.69, 9.17) is 5.26 Å². The molecular formula is C19H25NO. The van der Waals surface area contributed by atoms with Gasteiger partial charge in [-0.05, 0) is 86.8 Å². The predicted octanol–water partition coefficient (Wildman–Crippen LogP) is 4.38. The predicted molar refractivity (Wildman–Crippen MR) is 83.8 cm³/mol. The molecule has 3 rings (SSSR count). The first-order valence-electron chi connectivity index (χ1n) is 8.44. The third kappa shape index (κ3) is 3.47. The maximum absolute atomic E-state index is 9.64. The van der Waals surface area contributed by atoms with Crippen molar-refractivity contribution in [1.29, 1.82) is 5.26 Å².